The third-order valence-corrected chi connectivity index (χ3v) is 7.02. The Labute approximate surface area is 209 Å². The second-order valence-electron chi connectivity index (χ2n) is 9.21. The molecule has 0 spiro atoms. The predicted molar refractivity (Wildman–Crippen MR) is 141 cm³/mol. The van der Waals surface area contributed by atoms with Gasteiger partial charge in [-0.1, -0.05) is 29.8 Å². The summed E-state index contributed by atoms with van der Waals surface area (Å²) in [6.07, 6.45) is 4.72. The van der Waals surface area contributed by atoms with Crippen molar-refractivity contribution in [3.63, 3.8) is 0 Å². The summed E-state index contributed by atoms with van der Waals surface area (Å²) in [7, 11) is 0. The summed E-state index contributed by atoms with van der Waals surface area (Å²) >= 11 is 0. The summed E-state index contributed by atoms with van der Waals surface area (Å²) in [4.78, 5) is 39.6. The molecule has 180 valence electrons. The molecule has 3 aromatic heterocycles. The number of nitrogens with zero attached hydrogens (tertiary/aromatic N) is 2. The smallest absolute Gasteiger partial charge is 0.294 e. The maximum atomic E-state index is 13.9. The van der Waals surface area contributed by atoms with Gasteiger partial charge in [0.05, 0.1) is 34.4 Å². The lowest BCUT2D eigenvalue weighted by Gasteiger charge is -2.26. The number of nitrogens with one attached hydrogen (secondary N) is 2. The molecule has 37 heavy (non-hydrogen) atoms. The Balaban J connectivity index is 1.52. The van der Waals surface area contributed by atoms with Gasteiger partial charge >= 0.3 is 0 Å². The highest BCUT2D eigenvalue weighted by molar-refractivity contribution is 6.18. The van der Waals surface area contributed by atoms with Crippen molar-refractivity contribution in [2.45, 2.75) is 13.0 Å². The van der Waals surface area contributed by atoms with Crippen LogP contribution in [0.15, 0.2) is 94.4 Å². The molecule has 7 rings (SSSR count). The minimum Gasteiger partial charge on any atom is -0.503 e. The number of aromatic nitrogens is 3. The van der Waals surface area contributed by atoms with Crippen LogP contribution in [-0.4, -0.2) is 26.0 Å². The second kappa shape index (κ2) is 7.69. The van der Waals surface area contributed by atoms with Crippen molar-refractivity contribution < 1.29 is 14.3 Å². The quantitative estimate of drug-likeness (QED) is 0.304. The molecule has 0 saturated heterocycles. The van der Waals surface area contributed by atoms with E-state index in [1.807, 2.05) is 43.3 Å². The molecule has 8 nitrogen and oxygen atoms in total. The number of fused-ring (bicyclic) bond motifs is 3. The fraction of sp³-hybridized carbons (Fsp3) is 0.0690. The van der Waals surface area contributed by atoms with Gasteiger partial charge in [0, 0.05) is 33.9 Å². The van der Waals surface area contributed by atoms with Crippen molar-refractivity contribution in [2.75, 3.05) is 4.90 Å². The third-order valence-electron chi connectivity index (χ3n) is 7.02. The Morgan fingerprint density at radius 2 is 1.84 bits per heavy atom. The molecule has 4 heterocycles. The Bertz CT molecular complexity index is 1980. The Morgan fingerprint density at radius 1 is 0.973 bits per heavy atom. The number of anilines is 1. The predicted octanol–water partition coefficient (Wildman–Crippen LogP) is 5.52. The van der Waals surface area contributed by atoms with Crippen molar-refractivity contribution in [1.82, 2.24) is 15.0 Å². The van der Waals surface area contributed by atoms with E-state index in [9.17, 15) is 14.7 Å². The van der Waals surface area contributed by atoms with Crippen molar-refractivity contribution in [3.05, 3.63) is 112 Å². The number of benzene rings is 3. The third kappa shape index (κ3) is 3.05. The molecule has 0 radical (unpaired) electrons. The molecular weight excluding hydrogens is 468 g/mol. The number of imidazole rings is 1. The molecule has 1 unspecified atom stereocenters. The molecule has 1 atom stereocenters. The molecule has 8 heteroatoms. The topological polar surface area (TPSA) is 115 Å². The number of amides is 1. The van der Waals surface area contributed by atoms with Gasteiger partial charge in [-0.2, -0.15) is 0 Å². The number of aliphatic hydroxyl groups is 1. The van der Waals surface area contributed by atoms with Crippen LogP contribution in [0.2, 0.25) is 0 Å². The van der Waals surface area contributed by atoms with Gasteiger partial charge < -0.3 is 19.5 Å². The average molecular weight is 489 g/mol. The Morgan fingerprint density at radius 3 is 2.73 bits per heavy atom. The summed E-state index contributed by atoms with van der Waals surface area (Å²) in [6, 6.07) is 17.4. The number of H-pyrrole nitrogens is 2. The summed E-state index contributed by atoms with van der Waals surface area (Å²) in [6.45, 7) is 1.90. The van der Waals surface area contributed by atoms with Gasteiger partial charge in [0.25, 0.3) is 5.91 Å². The normalized spacial score (nSPS) is 16.1. The van der Waals surface area contributed by atoms with Crippen LogP contribution in [0.4, 0.5) is 5.69 Å². The van der Waals surface area contributed by atoms with Crippen LogP contribution in [0, 0.1) is 6.92 Å². The first kappa shape index (κ1) is 21.2. The maximum absolute atomic E-state index is 13.9. The zero-order valence-corrected chi connectivity index (χ0v) is 19.6. The number of hydrogen-bond donors (Lipinski definition) is 3. The first-order valence-electron chi connectivity index (χ1n) is 11.8. The number of aryl methyl sites for hydroxylation is 1. The van der Waals surface area contributed by atoms with E-state index in [4.69, 9.17) is 4.42 Å². The van der Waals surface area contributed by atoms with Crippen LogP contribution < -0.4 is 10.3 Å². The van der Waals surface area contributed by atoms with Gasteiger partial charge in [-0.25, -0.2) is 4.98 Å². The van der Waals surface area contributed by atoms with E-state index in [0.29, 0.717) is 33.3 Å². The lowest BCUT2D eigenvalue weighted by atomic mass is 9.93. The van der Waals surface area contributed by atoms with Gasteiger partial charge in [-0.05, 0) is 43.3 Å². The number of aliphatic hydroxyl groups excluding tert-OH is 1. The fourth-order valence-electron chi connectivity index (χ4n) is 5.25. The van der Waals surface area contributed by atoms with Gasteiger partial charge in [-0.15, -0.1) is 0 Å². The highest BCUT2D eigenvalue weighted by Crippen LogP contribution is 2.46. The van der Waals surface area contributed by atoms with E-state index in [0.717, 1.165) is 22.0 Å². The van der Waals surface area contributed by atoms with E-state index in [1.54, 1.807) is 36.8 Å². The molecule has 3 aromatic carbocycles. The minimum absolute atomic E-state index is 0.248. The van der Waals surface area contributed by atoms with Crippen LogP contribution in [0.25, 0.3) is 38.5 Å². The average Bonchev–Trinajstić information content (AvgIpc) is 3.61. The SMILES string of the molecule is Cc1ccc2occ(C3C(c4c[nH]c5ccccc45)=C(O)C(=O)N3c3ccc4[nH]cnc4c3)c(=O)c2c1. The molecule has 1 amide bonds. The van der Waals surface area contributed by atoms with Crippen molar-refractivity contribution in [2.24, 2.45) is 0 Å². The monoisotopic (exact) mass is 488 g/mol. The Kier molecular flexibility index (Phi) is 4.41. The fourth-order valence-corrected chi connectivity index (χ4v) is 5.25. The van der Waals surface area contributed by atoms with Crippen molar-refractivity contribution in [3.8, 4) is 0 Å². The number of carbonyl (C=O) groups is 1. The first-order chi connectivity index (χ1) is 18.0. The van der Waals surface area contributed by atoms with Crippen LogP contribution in [0.5, 0.6) is 0 Å². The zero-order valence-electron chi connectivity index (χ0n) is 19.6. The van der Waals surface area contributed by atoms with Gasteiger partial charge in [0.15, 0.2) is 11.2 Å². The summed E-state index contributed by atoms with van der Waals surface area (Å²) < 4.78 is 5.89. The molecule has 0 saturated carbocycles. The molecule has 1 aliphatic heterocycles. The van der Waals surface area contributed by atoms with E-state index in [1.165, 1.54) is 11.2 Å². The van der Waals surface area contributed by atoms with Crippen LogP contribution in [0.1, 0.15) is 22.7 Å². The minimum atomic E-state index is -0.927. The summed E-state index contributed by atoms with van der Waals surface area (Å²) in [5.74, 6) is -1.02. The maximum Gasteiger partial charge on any atom is 0.294 e. The Hall–Kier alpha value is -5.11. The molecule has 3 N–H and O–H groups in total. The highest BCUT2D eigenvalue weighted by atomic mass is 16.3. The van der Waals surface area contributed by atoms with Gasteiger partial charge in [-0.3, -0.25) is 14.5 Å². The van der Waals surface area contributed by atoms with Crippen molar-refractivity contribution in [1.29, 1.82) is 0 Å². The standard InChI is InChI=1S/C29H20N4O4/c1-15-6-9-24-18(10-15)27(34)20(13-37-24)26-25(19-12-30-21-5-3-2-4-17(19)21)28(35)29(36)33(26)16-7-8-22-23(11-16)32-14-31-22/h2-14,26,30,35H,1H3,(H,31,32). The van der Waals surface area contributed by atoms with E-state index < -0.39 is 17.7 Å². The van der Waals surface area contributed by atoms with E-state index in [-0.39, 0.29) is 11.0 Å². The van der Waals surface area contributed by atoms with Crippen LogP contribution >= 0.6 is 0 Å². The number of carbonyl (C=O) groups excluding carboxylic acids is 1. The lowest BCUT2D eigenvalue weighted by Crippen LogP contribution is -2.32. The molecule has 6 aromatic rings. The first-order valence-corrected chi connectivity index (χ1v) is 11.8. The zero-order chi connectivity index (χ0) is 25.3. The molecule has 1 aliphatic rings. The van der Waals surface area contributed by atoms with E-state index >= 15 is 0 Å². The molecular formula is C29H20N4O4. The van der Waals surface area contributed by atoms with Crippen LogP contribution in [-0.2, 0) is 4.79 Å². The second-order valence-corrected chi connectivity index (χ2v) is 9.21. The largest absolute Gasteiger partial charge is 0.503 e. The highest BCUT2D eigenvalue weighted by Gasteiger charge is 2.44. The summed E-state index contributed by atoms with van der Waals surface area (Å²) in [5.41, 5.74) is 5.14. The van der Waals surface area contributed by atoms with Gasteiger partial charge in [0.1, 0.15) is 11.8 Å². The number of aromatic amines is 2. The number of hydrogen-bond acceptors (Lipinski definition) is 5. The number of rotatable bonds is 3. The number of para-hydroxylation sites is 1. The molecule has 0 aliphatic carbocycles. The van der Waals surface area contributed by atoms with Crippen LogP contribution in [0.3, 0.4) is 0 Å². The summed E-state index contributed by atoms with van der Waals surface area (Å²) in [5, 5.41) is 12.5. The van der Waals surface area contributed by atoms with Gasteiger partial charge in [0.2, 0.25) is 0 Å². The van der Waals surface area contributed by atoms with E-state index in [2.05, 4.69) is 15.0 Å². The lowest BCUT2D eigenvalue weighted by molar-refractivity contribution is -0.117. The van der Waals surface area contributed by atoms with Crippen molar-refractivity contribution >= 4 is 50.1 Å². The molecule has 0 fully saturated rings. The molecule has 0 bridgehead atoms.